The minimum atomic E-state index is -3.97. The second-order valence-electron chi connectivity index (χ2n) is 9.97. The molecule has 0 spiro atoms. The molecule has 220 valence electrons. The van der Waals surface area contributed by atoms with Gasteiger partial charge in [-0.15, -0.1) is 0 Å². The van der Waals surface area contributed by atoms with Gasteiger partial charge in [0.25, 0.3) is 10.0 Å². The number of imidazole rings is 1. The van der Waals surface area contributed by atoms with Gasteiger partial charge >= 0.3 is 6.01 Å². The Morgan fingerprint density at radius 1 is 1.12 bits per heavy atom. The Morgan fingerprint density at radius 2 is 1.88 bits per heavy atom. The molecule has 0 aliphatic carbocycles. The van der Waals surface area contributed by atoms with E-state index in [4.69, 9.17) is 15.2 Å². The van der Waals surface area contributed by atoms with Crippen LogP contribution in [-0.4, -0.2) is 78.8 Å². The summed E-state index contributed by atoms with van der Waals surface area (Å²) in [6.45, 7) is 1.33. The highest BCUT2D eigenvalue weighted by atomic mass is 32.2. The maximum absolute atomic E-state index is 14.2. The molecule has 42 heavy (non-hydrogen) atoms. The van der Waals surface area contributed by atoms with Gasteiger partial charge in [0.15, 0.2) is 23.2 Å². The van der Waals surface area contributed by atoms with Crippen molar-refractivity contribution in [1.82, 2.24) is 23.5 Å². The van der Waals surface area contributed by atoms with Crippen LogP contribution >= 0.6 is 0 Å². The van der Waals surface area contributed by atoms with E-state index in [2.05, 4.69) is 15.0 Å². The monoisotopic (exact) mass is 598 g/mol. The van der Waals surface area contributed by atoms with E-state index >= 15 is 0 Å². The zero-order valence-corrected chi connectivity index (χ0v) is 23.0. The molecule has 3 aromatic heterocycles. The van der Waals surface area contributed by atoms with E-state index in [1.165, 1.54) is 47.4 Å². The summed E-state index contributed by atoms with van der Waals surface area (Å²) in [7, 11) is -3.97. The Labute approximate surface area is 238 Å². The van der Waals surface area contributed by atoms with Crippen LogP contribution in [0.15, 0.2) is 59.9 Å². The normalized spacial score (nSPS) is 21.0. The predicted molar refractivity (Wildman–Crippen MR) is 148 cm³/mol. The molecule has 1 fully saturated rings. The van der Waals surface area contributed by atoms with E-state index in [0.717, 1.165) is 9.54 Å². The van der Waals surface area contributed by atoms with Gasteiger partial charge in [0.2, 0.25) is 0 Å². The summed E-state index contributed by atoms with van der Waals surface area (Å²) in [5.41, 5.74) is 8.18. The second-order valence-corrected chi connectivity index (χ2v) is 11.8. The summed E-state index contributed by atoms with van der Waals surface area (Å²) in [6.07, 6.45) is -1.86. The number of aryl methyl sites for hydroxylation is 1. The van der Waals surface area contributed by atoms with Crippen LogP contribution < -0.4 is 10.5 Å². The molecule has 15 heteroatoms. The zero-order chi connectivity index (χ0) is 29.8. The first-order chi connectivity index (χ1) is 20.1. The summed E-state index contributed by atoms with van der Waals surface area (Å²) >= 11 is 0. The van der Waals surface area contributed by atoms with Gasteiger partial charge in [-0.3, -0.25) is 4.57 Å². The Kier molecular flexibility index (Phi) is 7.06. The number of rotatable bonds is 8. The molecule has 6 rings (SSSR count). The molecule has 4 heterocycles. The van der Waals surface area contributed by atoms with Crippen LogP contribution in [0.2, 0.25) is 0 Å². The molecule has 1 saturated heterocycles. The van der Waals surface area contributed by atoms with E-state index < -0.39 is 47.0 Å². The number of ether oxygens (including phenoxy) is 2. The van der Waals surface area contributed by atoms with Gasteiger partial charge in [-0.1, -0.05) is 17.7 Å². The standard InChI is InChI=1S/C27H27FN6O7S/c1-14-2-5-17(6-3-14)42(38,39)34-11-15(18-10-16(28)4-7-19(18)34)8-9-40-27-31-24(29)21-25(32-27)33(13-30-21)26-23(37)22(36)20(12-35)41-26/h2-7,10-11,13,20,22-23,26,35-37H,8-9,12H2,1H3,(H2,29,31,32)/t20-,22-,23-,26-/m1/s1. The SMILES string of the molecule is Cc1ccc(S(=O)(=O)n2cc(CCOc3nc(N)c4ncn([C@@H]5O[C@H](CO)[C@@H](O)[C@H]5O)c4n3)c3cc(F)ccc32)cc1. The van der Waals surface area contributed by atoms with E-state index in [0.29, 0.717) is 16.5 Å². The highest BCUT2D eigenvalue weighted by Crippen LogP contribution is 2.33. The van der Waals surface area contributed by atoms with Gasteiger partial charge in [0, 0.05) is 18.0 Å². The zero-order valence-electron chi connectivity index (χ0n) is 22.2. The number of benzene rings is 2. The predicted octanol–water partition coefficient (Wildman–Crippen LogP) is 1.28. The Balaban J connectivity index is 1.27. The molecule has 1 aliphatic heterocycles. The molecule has 13 nitrogen and oxygen atoms in total. The maximum atomic E-state index is 14.2. The molecule has 1 aliphatic rings. The lowest BCUT2D eigenvalue weighted by molar-refractivity contribution is -0.0511. The molecule has 2 aromatic carbocycles. The number of hydrogen-bond donors (Lipinski definition) is 4. The molecule has 0 bridgehead atoms. The third-order valence-electron chi connectivity index (χ3n) is 7.21. The lowest BCUT2D eigenvalue weighted by atomic mass is 10.1. The third-order valence-corrected chi connectivity index (χ3v) is 8.90. The van der Waals surface area contributed by atoms with Crippen LogP contribution in [0.5, 0.6) is 6.01 Å². The topological polar surface area (TPSA) is 188 Å². The minimum Gasteiger partial charge on any atom is -0.463 e. The first-order valence-electron chi connectivity index (χ1n) is 13.0. The number of anilines is 1. The summed E-state index contributed by atoms with van der Waals surface area (Å²) in [4.78, 5) is 12.7. The van der Waals surface area contributed by atoms with Gasteiger partial charge in [-0.05, 0) is 42.8 Å². The van der Waals surface area contributed by atoms with Crippen molar-refractivity contribution in [2.75, 3.05) is 18.9 Å². The lowest BCUT2D eigenvalue weighted by Crippen LogP contribution is -2.33. The number of aliphatic hydroxyl groups is 3. The molecular formula is C27H27FN6O7S. The molecule has 5 aromatic rings. The van der Waals surface area contributed by atoms with Crippen molar-refractivity contribution in [2.24, 2.45) is 0 Å². The van der Waals surface area contributed by atoms with Crippen molar-refractivity contribution in [3.05, 3.63) is 71.9 Å². The van der Waals surface area contributed by atoms with Crippen LogP contribution in [-0.2, 0) is 21.2 Å². The van der Waals surface area contributed by atoms with Gasteiger partial charge < -0.3 is 30.5 Å². The maximum Gasteiger partial charge on any atom is 0.320 e. The van der Waals surface area contributed by atoms with E-state index in [-0.39, 0.29) is 40.9 Å². The van der Waals surface area contributed by atoms with E-state index in [1.54, 1.807) is 12.1 Å². The quantitative estimate of drug-likeness (QED) is 0.201. The van der Waals surface area contributed by atoms with Crippen LogP contribution in [0, 0.1) is 12.7 Å². The van der Waals surface area contributed by atoms with Gasteiger partial charge in [0.05, 0.1) is 30.0 Å². The average Bonchev–Trinajstić information content (AvgIpc) is 3.63. The van der Waals surface area contributed by atoms with Crippen LogP contribution in [0.3, 0.4) is 0 Å². The van der Waals surface area contributed by atoms with Crippen molar-refractivity contribution >= 4 is 37.9 Å². The fraction of sp³-hybridized carbons (Fsp3) is 0.296. The number of aliphatic hydroxyl groups excluding tert-OH is 3. The van der Waals surface area contributed by atoms with Gasteiger partial charge in [0.1, 0.15) is 24.1 Å². The fourth-order valence-electron chi connectivity index (χ4n) is 4.99. The Hall–Kier alpha value is -4.15. The molecule has 4 atom stereocenters. The molecule has 0 saturated carbocycles. The number of nitrogens with zero attached hydrogens (tertiary/aromatic N) is 5. The van der Waals surface area contributed by atoms with Crippen molar-refractivity contribution < 1.29 is 37.6 Å². The minimum absolute atomic E-state index is 0.0108. The first-order valence-corrected chi connectivity index (χ1v) is 14.4. The van der Waals surface area contributed by atoms with Crippen molar-refractivity contribution in [3.63, 3.8) is 0 Å². The lowest BCUT2D eigenvalue weighted by Gasteiger charge is -2.16. The molecular weight excluding hydrogens is 571 g/mol. The van der Waals surface area contributed by atoms with Crippen LogP contribution in [0.1, 0.15) is 17.4 Å². The number of halogens is 1. The van der Waals surface area contributed by atoms with Crippen molar-refractivity contribution in [2.45, 2.75) is 42.8 Å². The molecule has 0 radical (unpaired) electrons. The van der Waals surface area contributed by atoms with E-state index in [1.807, 2.05) is 6.92 Å². The molecule has 5 N–H and O–H groups in total. The van der Waals surface area contributed by atoms with Crippen molar-refractivity contribution in [1.29, 1.82) is 0 Å². The second kappa shape index (κ2) is 10.6. The summed E-state index contributed by atoms with van der Waals surface area (Å²) < 4.78 is 54.9. The van der Waals surface area contributed by atoms with Crippen molar-refractivity contribution in [3.8, 4) is 6.01 Å². The summed E-state index contributed by atoms with van der Waals surface area (Å²) in [6, 6.07) is 10.2. The number of nitrogen functional groups attached to an aromatic ring is 1. The highest BCUT2D eigenvalue weighted by molar-refractivity contribution is 7.90. The molecule has 0 unspecified atom stereocenters. The van der Waals surface area contributed by atoms with Gasteiger partial charge in [-0.2, -0.15) is 9.97 Å². The number of aromatic nitrogens is 5. The summed E-state index contributed by atoms with van der Waals surface area (Å²) in [5.74, 6) is -0.529. The first kappa shape index (κ1) is 28.0. The van der Waals surface area contributed by atoms with E-state index in [9.17, 15) is 28.1 Å². The third kappa shape index (κ3) is 4.74. The Morgan fingerprint density at radius 3 is 2.60 bits per heavy atom. The summed E-state index contributed by atoms with van der Waals surface area (Å²) in [5, 5.41) is 30.4. The van der Waals surface area contributed by atoms with Crippen LogP contribution in [0.25, 0.3) is 22.1 Å². The Bertz CT molecular complexity index is 1890. The fourth-order valence-corrected chi connectivity index (χ4v) is 6.38. The number of nitrogens with two attached hydrogens (primary N) is 1. The van der Waals surface area contributed by atoms with Gasteiger partial charge in [-0.25, -0.2) is 21.8 Å². The smallest absolute Gasteiger partial charge is 0.320 e. The average molecular weight is 599 g/mol. The molecule has 0 amide bonds. The highest BCUT2D eigenvalue weighted by Gasteiger charge is 2.44. The largest absolute Gasteiger partial charge is 0.463 e. The number of hydrogen-bond acceptors (Lipinski definition) is 11. The van der Waals surface area contributed by atoms with Crippen LogP contribution in [0.4, 0.5) is 10.2 Å². The number of fused-ring (bicyclic) bond motifs is 2.